The average Bonchev–Trinajstić information content (AvgIpc) is 2.69. The fraction of sp³-hybridized carbons (Fsp3) is 0.150. The molecule has 0 aliphatic rings. The Kier molecular flexibility index (Phi) is 5.43. The van der Waals surface area contributed by atoms with Crippen molar-refractivity contribution in [3.8, 4) is 5.75 Å². The van der Waals surface area contributed by atoms with Crippen LogP contribution in [0.4, 0.5) is 11.6 Å². The quantitative estimate of drug-likeness (QED) is 0.740. The van der Waals surface area contributed by atoms with Crippen LogP contribution >= 0.6 is 0 Å². The summed E-state index contributed by atoms with van der Waals surface area (Å²) < 4.78 is 5.17. The fourth-order valence-corrected chi connectivity index (χ4v) is 2.48. The maximum Gasteiger partial charge on any atom is 0.274 e. The van der Waals surface area contributed by atoms with Crippen LogP contribution in [0.3, 0.4) is 0 Å². The minimum Gasteiger partial charge on any atom is -0.497 e. The van der Waals surface area contributed by atoms with Gasteiger partial charge in [0.2, 0.25) is 5.95 Å². The SMILES string of the molecule is COc1cccc(NC(=O)c2ccnc(N(C)Cc3ccccc3)n2)c1. The van der Waals surface area contributed by atoms with Gasteiger partial charge in [-0.25, -0.2) is 9.97 Å². The van der Waals surface area contributed by atoms with Crippen LogP contribution in [0.15, 0.2) is 66.9 Å². The number of nitrogens with one attached hydrogen (secondary N) is 1. The minimum absolute atomic E-state index is 0.296. The van der Waals surface area contributed by atoms with E-state index in [2.05, 4.69) is 15.3 Å². The molecule has 6 nitrogen and oxygen atoms in total. The number of anilines is 2. The van der Waals surface area contributed by atoms with E-state index in [0.717, 1.165) is 5.56 Å². The highest BCUT2D eigenvalue weighted by molar-refractivity contribution is 6.03. The Balaban J connectivity index is 1.72. The van der Waals surface area contributed by atoms with Gasteiger partial charge >= 0.3 is 0 Å². The highest BCUT2D eigenvalue weighted by Crippen LogP contribution is 2.17. The number of benzene rings is 2. The maximum atomic E-state index is 12.5. The molecule has 0 bridgehead atoms. The van der Waals surface area contributed by atoms with Gasteiger partial charge in [0, 0.05) is 31.5 Å². The molecule has 1 N–H and O–H groups in total. The van der Waals surface area contributed by atoms with Crippen LogP contribution in [0, 0.1) is 0 Å². The van der Waals surface area contributed by atoms with E-state index in [-0.39, 0.29) is 5.91 Å². The van der Waals surface area contributed by atoms with Crippen molar-refractivity contribution in [2.75, 3.05) is 24.4 Å². The molecule has 1 aromatic heterocycles. The van der Waals surface area contributed by atoms with Crippen LogP contribution in [0.1, 0.15) is 16.1 Å². The zero-order valence-corrected chi connectivity index (χ0v) is 14.7. The third-order valence-electron chi connectivity index (χ3n) is 3.81. The first-order chi connectivity index (χ1) is 12.7. The molecule has 0 unspecified atom stereocenters. The Bertz CT molecular complexity index is 884. The Labute approximate surface area is 152 Å². The molecule has 3 aromatic rings. The second kappa shape index (κ2) is 8.11. The summed E-state index contributed by atoms with van der Waals surface area (Å²) in [6.45, 7) is 0.655. The van der Waals surface area contributed by atoms with Crippen molar-refractivity contribution >= 4 is 17.5 Å². The fourth-order valence-electron chi connectivity index (χ4n) is 2.48. The molecule has 0 aliphatic heterocycles. The van der Waals surface area contributed by atoms with Crippen molar-refractivity contribution in [2.45, 2.75) is 6.54 Å². The van der Waals surface area contributed by atoms with Crippen LogP contribution in [0.2, 0.25) is 0 Å². The molecule has 132 valence electrons. The van der Waals surface area contributed by atoms with Gasteiger partial charge in [0.15, 0.2) is 0 Å². The van der Waals surface area contributed by atoms with Gasteiger partial charge in [0.25, 0.3) is 5.91 Å². The third kappa shape index (κ3) is 4.36. The first kappa shape index (κ1) is 17.4. The molecule has 26 heavy (non-hydrogen) atoms. The number of carbonyl (C=O) groups excluding carboxylic acids is 1. The molecule has 0 radical (unpaired) electrons. The standard InChI is InChI=1S/C20H20N4O2/c1-24(14-15-7-4-3-5-8-15)20-21-12-11-18(23-20)19(25)22-16-9-6-10-17(13-16)26-2/h3-13H,14H2,1-2H3,(H,22,25). The number of methoxy groups -OCH3 is 1. The van der Waals surface area contributed by atoms with Crippen LogP contribution in [-0.4, -0.2) is 30.0 Å². The molecule has 1 amide bonds. The maximum absolute atomic E-state index is 12.5. The normalized spacial score (nSPS) is 10.2. The molecule has 0 atom stereocenters. The topological polar surface area (TPSA) is 67.3 Å². The highest BCUT2D eigenvalue weighted by atomic mass is 16.5. The van der Waals surface area contributed by atoms with E-state index >= 15 is 0 Å². The smallest absolute Gasteiger partial charge is 0.274 e. The van der Waals surface area contributed by atoms with Gasteiger partial charge < -0.3 is 15.0 Å². The lowest BCUT2D eigenvalue weighted by Crippen LogP contribution is -2.21. The van der Waals surface area contributed by atoms with E-state index in [9.17, 15) is 4.79 Å². The summed E-state index contributed by atoms with van der Waals surface area (Å²) in [5, 5.41) is 2.82. The van der Waals surface area contributed by atoms with E-state index < -0.39 is 0 Å². The van der Waals surface area contributed by atoms with Crippen LogP contribution < -0.4 is 15.0 Å². The van der Waals surface area contributed by atoms with E-state index in [1.807, 2.05) is 54.4 Å². The van der Waals surface area contributed by atoms with Gasteiger partial charge in [-0.3, -0.25) is 4.79 Å². The summed E-state index contributed by atoms with van der Waals surface area (Å²) in [6, 6.07) is 18.8. The van der Waals surface area contributed by atoms with Crippen molar-refractivity contribution < 1.29 is 9.53 Å². The highest BCUT2D eigenvalue weighted by Gasteiger charge is 2.12. The Hall–Kier alpha value is -3.41. The summed E-state index contributed by atoms with van der Waals surface area (Å²) in [5.41, 5.74) is 2.09. The lowest BCUT2D eigenvalue weighted by Gasteiger charge is -2.17. The number of carbonyl (C=O) groups is 1. The average molecular weight is 348 g/mol. The Morgan fingerprint density at radius 3 is 2.69 bits per heavy atom. The van der Waals surface area contributed by atoms with Gasteiger partial charge in [0.1, 0.15) is 11.4 Å². The molecular formula is C20H20N4O2. The Morgan fingerprint density at radius 1 is 1.12 bits per heavy atom. The minimum atomic E-state index is -0.296. The summed E-state index contributed by atoms with van der Waals surface area (Å²) in [6.07, 6.45) is 1.59. The number of hydrogen-bond donors (Lipinski definition) is 1. The molecular weight excluding hydrogens is 328 g/mol. The summed E-state index contributed by atoms with van der Waals surface area (Å²) >= 11 is 0. The lowest BCUT2D eigenvalue weighted by atomic mass is 10.2. The summed E-state index contributed by atoms with van der Waals surface area (Å²) in [7, 11) is 3.48. The van der Waals surface area contributed by atoms with Gasteiger partial charge in [-0.1, -0.05) is 36.4 Å². The number of ether oxygens (including phenoxy) is 1. The molecule has 0 fully saturated rings. The Morgan fingerprint density at radius 2 is 1.92 bits per heavy atom. The van der Waals surface area contributed by atoms with Gasteiger partial charge in [-0.05, 0) is 23.8 Å². The van der Waals surface area contributed by atoms with Crippen LogP contribution in [0.25, 0.3) is 0 Å². The lowest BCUT2D eigenvalue weighted by molar-refractivity contribution is 0.102. The number of rotatable bonds is 6. The predicted octanol–water partition coefficient (Wildman–Crippen LogP) is 3.37. The van der Waals surface area contributed by atoms with Crippen LogP contribution in [-0.2, 0) is 6.54 Å². The zero-order chi connectivity index (χ0) is 18.4. The molecule has 2 aromatic carbocycles. The van der Waals surface area contributed by atoms with Gasteiger partial charge in [-0.2, -0.15) is 0 Å². The van der Waals surface area contributed by atoms with Gasteiger partial charge in [0.05, 0.1) is 7.11 Å². The molecule has 3 rings (SSSR count). The molecule has 0 saturated heterocycles. The van der Waals surface area contributed by atoms with Crippen molar-refractivity contribution in [1.29, 1.82) is 0 Å². The third-order valence-corrected chi connectivity index (χ3v) is 3.81. The molecule has 0 saturated carbocycles. The van der Waals surface area contributed by atoms with E-state index in [1.54, 1.807) is 31.5 Å². The molecule has 0 spiro atoms. The second-order valence-electron chi connectivity index (χ2n) is 5.77. The summed E-state index contributed by atoms with van der Waals surface area (Å²) in [5.74, 6) is 0.871. The number of hydrogen-bond acceptors (Lipinski definition) is 5. The van der Waals surface area contributed by atoms with E-state index in [0.29, 0.717) is 29.6 Å². The molecule has 1 heterocycles. The van der Waals surface area contributed by atoms with E-state index in [1.165, 1.54) is 0 Å². The number of amides is 1. The predicted molar refractivity (Wildman–Crippen MR) is 102 cm³/mol. The molecule has 0 aliphatic carbocycles. The number of aromatic nitrogens is 2. The zero-order valence-electron chi connectivity index (χ0n) is 14.7. The molecule has 6 heteroatoms. The second-order valence-corrected chi connectivity index (χ2v) is 5.77. The van der Waals surface area contributed by atoms with Gasteiger partial charge in [-0.15, -0.1) is 0 Å². The first-order valence-electron chi connectivity index (χ1n) is 8.19. The number of nitrogens with zero attached hydrogens (tertiary/aromatic N) is 3. The largest absolute Gasteiger partial charge is 0.497 e. The monoisotopic (exact) mass is 348 g/mol. The first-order valence-corrected chi connectivity index (χ1v) is 8.19. The van der Waals surface area contributed by atoms with Crippen LogP contribution in [0.5, 0.6) is 5.75 Å². The summed E-state index contributed by atoms with van der Waals surface area (Å²) in [4.78, 5) is 23.0. The van der Waals surface area contributed by atoms with Crippen molar-refractivity contribution in [1.82, 2.24) is 9.97 Å². The van der Waals surface area contributed by atoms with Crippen molar-refractivity contribution in [3.63, 3.8) is 0 Å². The van der Waals surface area contributed by atoms with Crippen molar-refractivity contribution in [2.24, 2.45) is 0 Å². The van der Waals surface area contributed by atoms with E-state index in [4.69, 9.17) is 4.74 Å². The van der Waals surface area contributed by atoms with Crippen molar-refractivity contribution in [3.05, 3.63) is 78.1 Å².